The molecule has 0 unspecified atom stereocenters. The van der Waals surface area contributed by atoms with Crippen LogP contribution in [-0.2, 0) is 9.53 Å². The molecule has 0 spiro atoms. The lowest BCUT2D eigenvalue weighted by atomic mass is 10.4. The first-order valence-corrected chi connectivity index (χ1v) is 3.62. The second-order valence-electron chi connectivity index (χ2n) is 2.43. The lowest BCUT2D eigenvalue weighted by Crippen LogP contribution is -2.18. The van der Waals surface area contributed by atoms with Crippen LogP contribution in [-0.4, -0.2) is 17.3 Å². The Morgan fingerprint density at radius 1 is 1.78 bits per heavy atom. The molecular weight excluding hydrogens is 136 g/mol. The molecule has 0 heterocycles. The van der Waals surface area contributed by atoms with Crippen molar-refractivity contribution in [1.82, 2.24) is 0 Å². The quantitative estimate of drug-likeness (QED) is 0.465. The van der Waals surface area contributed by atoms with E-state index in [0.717, 1.165) is 12.8 Å². The molecule has 0 radical (unpaired) electrons. The monoisotopic (exact) mass is 146 g/mol. The van der Waals surface area contributed by atoms with Crippen molar-refractivity contribution in [2.45, 2.75) is 25.4 Å². The van der Waals surface area contributed by atoms with Gasteiger partial charge in [-0.25, -0.2) is 0 Å². The lowest BCUT2D eigenvalue weighted by Gasteiger charge is -2.10. The zero-order valence-corrected chi connectivity index (χ0v) is 6.28. The predicted molar refractivity (Wildman–Crippen MR) is 37.6 cm³/mol. The molecular formula is C6H10O2S. The molecule has 0 N–H and O–H groups in total. The fourth-order valence-electron chi connectivity index (χ4n) is 0.737. The summed E-state index contributed by atoms with van der Waals surface area (Å²) in [5, 5.41) is 0. The van der Waals surface area contributed by atoms with Crippen molar-refractivity contribution >= 4 is 18.6 Å². The highest BCUT2D eigenvalue weighted by atomic mass is 32.1. The fourth-order valence-corrected chi connectivity index (χ4v) is 1.12. The average molecular weight is 146 g/mol. The van der Waals surface area contributed by atoms with Crippen molar-refractivity contribution in [3.05, 3.63) is 0 Å². The van der Waals surface area contributed by atoms with E-state index in [-0.39, 0.29) is 11.6 Å². The van der Waals surface area contributed by atoms with E-state index in [1.54, 1.807) is 0 Å². The minimum atomic E-state index is -0.193. The smallest absolute Gasteiger partial charge is 0.303 e. The largest absolute Gasteiger partial charge is 0.458 e. The summed E-state index contributed by atoms with van der Waals surface area (Å²) >= 11 is 4.06. The van der Waals surface area contributed by atoms with Gasteiger partial charge in [0.2, 0.25) is 0 Å². The standard InChI is InChI=1S/C6H10O2S/c1-5(7)8-6(4-9)2-3-6/h9H,2-4H2,1H3. The minimum Gasteiger partial charge on any atom is -0.458 e. The van der Waals surface area contributed by atoms with Crippen molar-refractivity contribution in [3.63, 3.8) is 0 Å². The Bertz CT molecular complexity index is 129. The first-order chi connectivity index (χ1) is 4.18. The van der Waals surface area contributed by atoms with Crippen LogP contribution in [0, 0.1) is 0 Å². The van der Waals surface area contributed by atoms with Crippen LogP contribution in [0.1, 0.15) is 19.8 Å². The third-order valence-corrected chi connectivity index (χ3v) is 2.03. The number of hydrogen-bond acceptors (Lipinski definition) is 3. The summed E-state index contributed by atoms with van der Waals surface area (Å²) in [5.74, 6) is 0.466. The molecule has 0 aliphatic heterocycles. The maximum Gasteiger partial charge on any atom is 0.303 e. The first kappa shape index (κ1) is 6.93. The number of esters is 1. The minimum absolute atomic E-state index is 0.172. The van der Waals surface area contributed by atoms with Gasteiger partial charge in [0, 0.05) is 12.7 Å². The zero-order chi connectivity index (χ0) is 6.91. The Morgan fingerprint density at radius 2 is 2.33 bits per heavy atom. The Hall–Kier alpha value is -0.180. The van der Waals surface area contributed by atoms with Crippen LogP contribution in [0.3, 0.4) is 0 Å². The van der Waals surface area contributed by atoms with E-state index in [4.69, 9.17) is 4.74 Å². The van der Waals surface area contributed by atoms with E-state index in [1.165, 1.54) is 6.92 Å². The number of thiol groups is 1. The Balaban J connectivity index is 2.33. The van der Waals surface area contributed by atoms with E-state index in [1.807, 2.05) is 0 Å². The van der Waals surface area contributed by atoms with Gasteiger partial charge >= 0.3 is 5.97 Å². The molecule has 0 aromatic carbocycles. The van der Waals surface area contributed by atoms with Crippen molar-refractivity contribution < 1.29 is 9.53 Å². The second kappa shape index (κ2) is 2.21. The van der Waals surface area contributed by atoms with Gasteiger partial charge in [-0.05, 0) is 12.8 Å². The number of hydrogen-bond donors (Lipinski definition) is 1. The van der Waals surface area contributed by atoms with Crippen molar-refractivity contribution in [3.8, 4) is 0 Å². The number of rotatable bonds is 2. The molecule has 1 fully saturated rings. The molecule has 1 rings (SSSR count). The Labute approximate surface area is 60.0 Å². The van der Waals surface area contributed by atoms with Gasteiger partial charge in [-0.2, -0.15) is 12.6 Å². The van der Waals surface area contributed by atoms with Gasteiger partial charge in [0.1, 0.15) is 5.60 Å². The summed E-state index contributed by atoms with van der Waals surface area (Å²) in [5.41, 5.74) is -0.172. The van der Waals surface area contributed by atoms with E-state index < -0.39 is 0 Å². The van der Waals surface area contributed by atoms with E-state index in [9.17, 15) is 4.79 Å². The topological polar surface area (TPSA) is 26.3 Å². The third-order valence-electron chi connectivity index (χ3n) is 1.46. The summed E-state index contributed by atoms with van der Waals surface area (Å²) in [6, 6.07) is 0. The van der Waals surface area contributed by atoms with Crippen LogP contribution in [0.4, 0.5) is 0 Å². The molecule has 0 aromatic heterocycles. The molecule has 9 heavy (non-hydrogen) atoms. The van der Waals surface area contributed by atoms with Crippen LogP contribution in [0.15, 0.2) is 0 Å². The first-order valence-electron chi connectivity index (χ1n) is 2.99. The molecule has 0 amide bonds. The number of ether oxygens (including phenoxy) is 1. The molecule has 0 atom stereocenters. The molecule has 52 valence electrons. The van der Waals surface area contributed by atoms with Crippen molar-refractivity contribution in [2.24, 2.45) is 0 Å². The molecule has 1 aliphatic carbocycles. The van der Waals surface area contributed by atoms with Crippen LogP contribution in [0.5, 0.6) is 0 Å². The predicted octanol–water partition coefficient (Wildman–Crippen LogP) is 1.01. The van der Waals surface area contributed by atoms with Gasteiger partial charge in [0.15, 0.2) is 0 Å². The molecule has 1 saturated carbocycles. The molecule has 3 heteroatoms. The Kier molecular flexibility index (Phi) is 1.70. The van der Waals surface area contributed by atoms with Crippen LogP contribution >= 0.6 is 12.6 Å². The number of carbonyl (C=O) groups excluding carboxylic acids is 1. The fraction of sp³-hybridized carbons (Fsp3) is 0.833. The third kappa shape index (κ3) is 1.61. The van der Waals surface area contributed by atoms with Crippen LogP contribution < -0.4 is 0 Å². The highest BCUT2D eigenvalue weighted by Crippen LogP contribution is 2.40. The maximum atomic E-state index is 10.4. The molecule has 2 nitrogen and oxygen atoms in total. The molecule has 1 aliphatic rings. The maximum absolute atomic E-state index is 10.4. The summed E-state index contributed by atoms with van der Waals surface area (Å²) in [7, 11) is 0. The summed E-state index contributed by atoms with van der Waals surface area (Å²) in [4.78, 5) is 10.4. The van der Waals surface area contributed by atoms with E-state index in [2.05, 4.69) is 12.6 Å². The van der Waals surface area contributed by atoms with Crippen molar-refractivity contribution in [2.75, 3.05) is 5.75 Å². The highest BCUT2D eigenvalue weighted by Gasteiger charge is 2.44. The lowest BCUT2D eigenvalue weighted by molar-refractivity contribution is -0.147. The number of carbonyl (C=O) groups is 1. The van der Waals surface area contributed by atoms with Gasteiger partial charge in [0.05, 0.1) is 0 Å². The van der Waals surface area contributed by atoms with Gasteiger partial charge in [-0.3, -0.25) is 4.79 Å². The molecule has 0 aromatic rings. The van der Waals surface area contributed by atoms with E-state index in [0.29, 0.717) is 5.75 Å². The molecule has 0 bridgehead atoms. The highest BCUT2D eigenvalue weighted by molar-refractivity contribution is 7.80. The Morgan fingerprint density at radius 3 is 2.44 bits per heavy atom. The zero-order valence-electron chi connectivity index (χ0n) is 5.39. The van der Waals surface area contributed by atoms with Gasteiger partial charge < -0.3 is 4.74 Å². The van der Waals surface area contributed by atoms with Crippen LogP contribution in [0.2, 0.25) is 0 Å². The SMILES string of the molecule is CC(=O)OC1(CS)CC1. The summed E-state index contributed by atoms with van der Waals surface area (Å²) in [6.45, 7) is 1.43. The van der Waals surface area contributed by atoms with Crippen LogP contribution in [0.25, 0.3) is 0 Å². The van der Waals surface area contributed by atoms with Gasteiger partial charge in [0.25, 0.3) is 0 Å². The normalized spacial score (nSPS) is 21.1. The van der Waals surface area contributed by atoms with Gasteiger partial charge in [-0.1, -0.05) is 0 Å². The second-order valence-corrected chi connectivity index (χ2v) is 2.75. The van der Waals surface area contributed by atoms with Gasteiger partial charge in [-0.15, -0.1) is 0 Å². The van der Waals surface area contributed by atoms with E-state index >= 15 is 0 Å². The average Bonchev–Trinajstić information content (AvgIpc) is 2.48. The molecule has 0 saturated heterocycles. The summed E-state index contributed by atoms with van der Waals surface area (Å²) < 4.78 is 4.98. The van der Waals surface area contributed by atoms with Crippen molar-refractivity contribution in [1.29, 1.82) is 0 Å². The summed E-state index contributed by atoms with van der Waals surface area (Å²) in [6.07, 6.45) is 1.96.